The van der Waals surface area contributed by atoms with Crippen molar-refractivity contribution in [3.63, 3.8) is 0 Å². The fourth-order valence-electron chi connectivity index (χ4n) is 1.89. The number of hydrogen-bond donors (Lipinski definition) is 2. The van der Waals surface area contributed by atoms with Crippen molar-refractivity contribution in [2.45, 2.75) is 19.4 Å². The zero-order valence-electron chi connectivity index (χ0n) is 12.1. The van der Waals surface area contributed by atoms with Crippen molar-refractivity contribution in [1.82, 2.24) is 5.32 Å². The Bertz CT molecular complexity index is 437. The van der Waals surface area contributed by atoms with E-state index in [0.717, 1.165) is 12.0 Å². The number of hydrogen-bond acceptors (Lipinski definition) is 5. The van der Waals surface area contributed by atoms with E-state index in [1.54, 1.807) is 14.2 Å². The molecule has 20 heavy (non-hydrogen) atoms. The lowest BCUT2D eigenvalue weighted by Gasteiger charge is -2.15. The van der Waals surface area contributed by atoms with Crippen molar-refractivity contribution in [3.8, 4) is 11.5 Å². The Morgan fingerprint density at radius 1 is 1.30 bits per heavy atom. The number of carbonyl (C=O) groups excluding carboxylic acids is 1. The molecule has 0 fully saturated rings. The summed E-state index contributed by atoms with van der Waals surface area (Å²) < 4.78 is 15.1. The van der Waals surface area contributed by atoms with Gasteiger partial charge >= 0.3 is 6.09 Å². The van der Waals surface area contributed by atoms with Crippen LogP contribution in [-0.2, 0) is 11.2 Å². The van der Waals surface area contributed by atoms with Gasteiger partial charge in [-0.05, 0) is 31.0 Å². The second-order valence-corrected chi connectivity index (χ2v) is 4.42. The molecule has 1 aromatic carbocycles. The van der Waals surface area contributed by atoms with Crippen LogP contribution in [0.5, 0.6) is 11.5 Å². The minimum absolute atomic E-state index is 0.240. The summed E-state index contributed by atoms with van der Waals surface area (Å²) in [5.74, 6) is 1.43. The smallest absolute Gasteiger partial charge is 0.404 e. The van der Waals surface area contributed by atoms with Gasteiger partial charge in [0, 0.05) is 12.6 Å². The summed E-state index contributed by atoms with van der Waals surface area (Å²) in [6, 6.07) is 6.08. The Hall–Kier alpha value is -1.95. The average Bonchev–Trinajstić information content (AvgIpc) is 2.43. The molecule has 0 saturated carbocycles. The minimum Gasteiger partial charge on any atom is -0.493 e. The Labute approximate surface area is 119 Å². The zero-order chi connectivity index (χ0) is 15.0. The Morgan fingerprint density at radius 3 is 2.60 bits per heavy atom. The van der Waals surface area contributed by atoms with E-state index >= 15 is 0 Å². The van der Waals surface area contributed by atoms with Crippen molar-refractivity contribution < 1.29 is 19.0 Å². The number of carbonyl (C=O) groups is 1. The molecule has 1 amide bonds. The van der Waals surface area contributed by atoms with Crippen LogP contribution in [0.2, 0.25) is 0 Å². The van der Waals surface area contributed by atoms with Crippen molar-refractivity contribution in [1.29, 1.82) is 0 Å². The first kappa shape index (κ1) is 16.1. The van der Waals surface area contributed by atoms with Crippen molar-refractivity contribution in [2.24, 2.45) is 5.73 Å². The second kappa shape index (κ2) is 8.27. The molecule has 1 unspecified atom stereocenters. The molecule has 112 valence electrons. The number of amides is 1. The summed E-state index contributed by atoms with van der Waals surface area (Å²) in [6.45, 7) is 2.89. The molecule has 0 aliphatic heterocycles. The van der Waals surface area contributed by atoms with E-state index in [1.165, 1.54) is 0 Å². The maximum absolute atomic E-state index is 10.4. The highest BCUT2D eigenvalue weighted by Gasteiger charge is 2.08. The quantitative estimate of drug-likeness (QED) is 0.703. The van der Waals surface area contributed by atoms with Gasteiger partial charge in [0.2, 0.25) is 0 Å². The molecule has 0 spiro atoms. The molecule has 0 heterocycles. The molecule has 1 atom stereocenters. The van der Waals surface area contributed by atoms with Gasteiger partial charge in [0.15, 0.2) is 11.5 Å². The number of nitrogens with two attached hydrogens (primary N) is 1. The van der Waals surface area contributed by atoms with E-state index in [9.17, 15) is 4.79 Å². The zero-order valence-corrected chi connectivity index (χ0v) is 12.1. The van der Waals surface area contributed by atoms with Crippen molar-refractivity contribution in [3.05, 3.63) is 23.8 Å². The number of benzene rings is 1. The lowest BCUT2D eigenvalue weighted by Crippen LogP contribution is -2.32. The van der Waals surface area contributed by atoms with Crippen LogP contribution in [0, 0.1) is 0 Å². The standard InChI is InChI=1S/C14H22N2O4/c1-10(16-6-7-20-14(15)17)8-11-4-5-12(18-2)13(9-11)19-3/h4-5,9-10,16H,6-8H2,1-3H3,(H2,15,17). The average molecular weight is 282 g/mol. The van der Waals surface area contributed by atoms with Gasteiger partial charge in [-0.1, -0.05) is 6.07 Å². The fraction of sp³-hybridized carbons (Fsp3) is 0.500. The number of nitrogens with one attached hydrogen (secondary N) is 1. The first-order valence-corrected chi connectivity index (χ1v) is 6.43. The van der Waals surface area contributed by atoms with E-state index in [1.807, 2.05) is 18.2 Å². The SMILES string of the molecule is COc1ccc(CC(C)NCCOC(N)=O)cc1OC. The lowest BCUT2D eigenvalue weighted by atomic mass is 10.1. The number of ether oxygens (including phenoxy) is 3. The maximum atomic E-state index is 10.4. The van der Waals surface area contributed by atoms with Crippen molar-refractivity contribution >= 4 is 6.09 Å². The van der Waals surface area contributed by atoms with E-state index in [-0.39, 0.29) is 12.6 Å². The van der Waals surface area contributed by atoms with Gasteiger partial charge in [-0.2, -0.15) is 0 Å². The summed E-state index contributed by atoms with van der Waals surface area (Å²) in [7, 11) is 3.23. The molecule has 0 radical (unpaired) electrons. The van der Waals surface area contributed by atoms with Crippen LogP contribution < -0.4 is 20.5 Å². The molecule has 1 aromatic rings. The number of rotatable bonds is 8. The fourth-order valence-corrected chi connectivity index (χ4v) is 1.89. The minimum atomic E-state index is -0.751. The van der Waals surface area contributed by atoms with Crippen LogP contribution >= 0.6 is 0 Å². The summed E-state index contributed by atoms with van der Waals surface area (Å²) in [6.07, 6.45) is 0.0797. The molecule has 6 heteroatoms. The molecule has 0 saturated heterocycles. The van der Waals surface area contributed by atoms with E-state index < -0.39 is 6.09 Å². The van der Waals surface area contributed by atoms with Gasteiger partial charge in [-0.3, -0.25) is 0 Å². The molecule has 0 aliphatic rings. The van der Waals surface area contributed by atoms with E-state index in [0.29, 0.717) is 18.0 Å². The third-order valence-corrected chi connectivity index (χ3v) is 2.83. The predicted octanol–water partition coefficient (Wildman–Crippen LogP) is 1.32. The third kappa shape index (κ3) is 5.36. The third-order valence-electron chi connectivity index (χ3n) is 2.83. The van der Waals surface area contributed by atoms with E-state index in [4.69, 9.17) is 15.2 Å². The topological polar surface area (TPSA) is 82.8 Å². The van der Waals surface area contributed by atoms with Gasteiger partial charge in [-0.15, -0.1) is 0 Å². The normalized spacial score (nSPS) is 11.8. The molecule has 6 nitrogen and oxygen atoms in total. The summed E-state index contributed by atoms with van der Waals surface area (Å²) in [4.78, 5) is 10.4. The predicted molar refractivity (Wildman–Crippen MR) is 76.3 cm³/mol. The molecule has 0 bridgehead atoms. The van der Waals surface area contributed by atoms with Crippen LogP contribution in [0.15, 0.2) is 18.2 Å². The van der Waals surface area contributed by atoms with Crippen LogP contribution in [0.1, 0.15) is 12.5 Å². The van der Waals surface area contributed by atoms with E-state index in [2.05, 4.69) is 17.0 Å². The highest BCUT2D eigenvalue weighted by atomic mass is 16.5. The Balaban J connectivity index is 2.45. The van der Waals surface area contributed by atoms with Gasteiger partial charge in [0.05, 0.1) is 14.2 Å². The summed E-state index contributed by atoms with van der Waals surface area (Å²) >= 11 is 0. The van der Waals surface area contributed by atoms with Crippen LogP contribution in [-0.4, -0.2) is 39.5 Å². The molecule has 3 N–H and O–H groups in total. The van der Waals surface area contributed by atoms with Gasteiger partial charge < -0.3 is 25.3 Å². The van der Waals surface area contributed by atoms with Crippen LogP contribution in [0.4, 0.5) is 4.79 Å². The first-order valence-electron chi connectivity index (χ1n) is 6.43. The highest BCUT2D eigenvalue weighted by molar-refractivity contribution is 5.64. The number of methoxy groups -OCH3 is 2. The monoisotopic (exact) mass is 282 g/mol. The molecule has 0 aliphatic carbocycles. The summed E-state index contributed by atoms with van der Waals surface area (Å²) in [5, 5.41) is 3.25. The van der Waals surface area contributed by atoms with Crippen LogP contribution in [0.3, 0.4) is 0 Å². The van der Waals surface area contributed by atoms with Gasteiger partial charge in [0.1, 0.15) is 6.61 Å². The Kier molecular flexibility index (Phi) is 6.66. The van der Waals surface area contributed by atoms with Crippen LogP contribution in [0.25, 0.3) is 0 Å². The maximum Gasteiger partial charge on any atom is 0.404 e. The summed E-state index contributed by atoms with van der Waals surface area (Å²) in [5.41, 5.74) is 6.01. The second-order valence-electron chi connectivity index (χ2n) is 4.42. The molecule has 0 aromatic heterocycles. The highest BCUT2D eigenvalue weighted by Crippen LogP contribution is 2.27. The number of primary amides is 1. The largest absolute Gasteiger partial charge is 0.493 e. The molecular formula is C14H22N2O4. The van der Waals surface area contributed by atoms with Crippen molar-refractivity contribution in [2.75, 3.05) is 27.4 Å². The Morgan fingerprint density at radius 2 is 2.00 bits per heavy atom. The molecule has 1 rings (SSSR count). The van der Waals surface area contributed by atoms with Gasteiger partial charge in [-0.25, -0.2) is 4.79 Å². The molecular weight excluding hydrogens is 260 g/mol. The lowest BCUT2D eigenvalue weighted by molar-refractivity contribution is 0.156. The van der Waals surface area contributed by atoms with Gasteiger partial charge in [0.25, 0.3) is 0 Å². The first-order chi connectivity index (χ1) is 9.56.